The summed E-state index contributed by atoms with van der Waals surface area (Å²) in [6, 6.07) is 9.41. The molecule has 25 heavy (non-hydrogen) atoms. The number of benzene rings is 2. The van der Waals surface area contributed by atoms with Gasteiger partial charge in [0.15, 0.2) is 0 Å². The molecule has 0 saturated heterocycles. The van der Waals surface area contributed by atoms with Crippen molar-refractivity contribution in [1.29, 1.82) is 0 Å². The monoisotopic (exact) mass is 364 g/mol. The molecule has 0 aliphatic rings. The van der Waals surface area contributed by atoms with Crippen molar-refractivity contribution >= 4 is 34.9 Å². The van der Waals surface area contributed by atoms with Crippen LogP contribution in [0.15, 0.2) is 42.6 Å². The quantitative estimate of drug-likeness (QED) is 0.661. The number of aliphatic hydroxyl groups excluding tert-OH is 1. The molecule has 0 spiro atoms. The lowest BCUT2D eigenvalue weighted by Gasteiger charge is -2.11. The van der Waals surface area contributed by atoms with E-state index in [1.165, 1.54) is 12.1 Å². The maximum absolute atomic E-state index is 14.2. The van der Waals surface area contributed by atoms with E-state index in [1.54, 1.807) is 10.9 Å². The van der Waals surface area contributed by atoms with Crippen molar-refractivity contribution in [3.05, 3.63) is 54.0 Å². The third kappa shape index (κ3) is 3.79. The number of nitrogens with two attached hydrogens (primary N) is 1. The molecule has 6 nitrogen and oxygen atoms in total. The smallest absolute Gasteiger partial charge is 0.243 e. The number of carbonyl (C=O) groups excluding carboxylic acids is 1. The van der Waals surface area contributed by atoms with E-state index in [-0.39, 0.29) is 18.1 Å². The average Bonchev–Trinajstić information content (AvgIpc) is 2.97. The molecule has 1 unspecified atom stereocenters. The normalized spacial score (nSPS) is 11.8. The summed E-state index contributed by atoms with van der Waals surface area (Å²) in [6.45, 7) is 1.45. The van der Waals surface area contributed by atoms with Gasteiger partial charge in [-0.25, -0.2) is 9.07 Å². The molecule has 1 aromatic heterocycles. The van der Waals surface area contributed by atoms with E-state index in [1.807, 2.05) is 31.2 Å². The number of aromatic nitrogens is 2. The zero-order valence-electron chi connectivity index (χ0n) is 13.4. The van der Waals surface area contributed by atoms with Crippen LogP contribution < -0.4 is 11.1 Å². The van der Waals surface area contributed by atoms with Crippen molar-refractivity contribution in [3.63, 3.8) is 0 Å². The number of hydrogen-bond donors (Lipinski definition) is 3. The fourth-order valence-corrected chi connectivity index (χ4v) is 2.42. The number of anilines is 1. The number of nitrogens with one attached hydrogen (secondary N) is 1. The molecule has 3 aromatic rings. The van der Waals surface area contributed by atoms with Crippen molar-refractivity contribution in [3.8, 4) is 5.69 Å². The third-order valence-electron chi connectivity index (χ3n) is 3.69. The number of nitrogens with zero attached hydrogens (tertiary/aromatic N) is 2. The maximum atomic E-state index is 14.2. The highest BCUT2D eigenvalue weighted by Crippen LogP contribution is 2.25. The Morgan fingerprint density at radius 3 is 2.84 bits per heavy atom. The van der Waals surface area contributed by atoms with Crippen LogP contribution in [0.5, 0.6) is 0 Å². The number of carbonyl (C=O) groups is 1. The summed E-state index contributed by atoms with van der Waals surface area (Å²) >= 11 is 0. The molecule has 1 atom stereocenters. The minimum Gasteiger partial charge on any atom is -0.394 e. The van der Waals surface area contributed by atoms with Crippen LogP contribution in [0, 0.1) is 12.7 Å². The minimum absolute atomic E-state index is 0. The molecule has 1 heterocycles. The maximum Gasteiger partial charge on any atom is 0.243 e. The van der Waals surface area contributed by atoms with E-state index in [9.17, 15) is 9.18 Å². The Morgan fingerprint density at radius 1 is 1.40 bits per heavy atom. The highest BCUT2D eigenvalue weighted by molar-refractivity contribution is 5.97. The molecule has 132 valence electrons. The Labute approximate surface area is 149 Å². The topological polar surface area (TPSA) is 93.2 Å². The van der Waals surface area contributed by atoms with Gasteiger partial charge in [-0.05, 0) is 36.8 Å². The second kappa shape index (κ2) is 7.60. The van der Waals surface area contributed by atoms with E-state index >= 15 is 0 Å². The van der Waals surface area contributed by atoms with Gasteiger partial charge in [-0.15, -0.1) is 12.4 Å². The fourth-order valence-electron chi connectivity index (χ4n) is 2.42. The van der Waals surface area contributed by atoms with Gasteiger partial charge >= 0.3 is 0 Å². The molecule has 1 amide bonds. The zero-order valence-corrected chi connectivity index (χ0v) is 14.3. The summed E-state index contributed by atoms with van der Waals surface area (Å²) in [5.74, 6) is -1.25. The van der Waals surface area contributed by atoms with Gasteiger partial charge in [-0.1, -0.05) is 12.1 Å². The lowest BCUT2D eigenvalue weighted by atomic mass is 10.2. The van der Waals surface area contributed by atoms with Crippen molar-refractivity contribution < 1.29 is 14.3 Å². The van der Waals surface area contributed by atoms with Crippen LogP contribution in [0.25, 0.3) is 16.6 Å². The average molecular weight is 365 g/mol. The summed E-state index contributed by atoms with van der Waals surface area (Å²) < 4.78 is 15.8. The first-order chi connectivity index (χ1) is 11.5. The number of fused-ring (bicyclic) bond motifs is 1. The Balaban J connectivity index is 0.00000225. The molecule has 0 aliphatic carbocycles. The molecular weight excluding hydrogens is 347 g/mol. The first-order valence-electron chi connectivity index (χ1n) is 7.41. The van der Waals surface area contributed by atoms with Gasteiger partial charge in [0, 0.05) is 5.39 Å². The molecular formula is C17H18ClFN4O2. The van der Waals surface area contributed by atoms with Gasteiger partial charge in [-0.3, -0.25) is 4.79 Å². The van der Waals surface area contributed by atoms with E-state index < -0.39 is 24.4 Å². The van der Waals surface area contributed by atoms with Gasteiger partial charge in [0.05, 0.1) is 29.7 Å². The Hall–Kier alpha value is -2.48. The molecule has 0 fully saturated rings. The molecule has 2 aromatic carbocycles. The number of halogens is 2. The van der Waals surface area contributed by atoms with E-state index in [0.29, 0.717) is 10.9 Å². The van der Waals surface area contributed by atoms with Crippen LogP contribution in [-0.2, 0) is 4.79 Å². The number of aliphatic hydroxyl groups is 1. The van der Waals surface area contributed by atoms with Crippen molar-refractivity contribution in [2.75, 3.05) is 11.9 Å². The van der Waals surface area contributed by atoms with Gasteiger partial charge < -0.3 is 16.2 Å². The van der Waals surface area contributed by atoms with Crippen molar-refractivity contribution in [2.45, 2.75) is 13.0 Å². The fraction of sp³-hybridized carbons (Fsp3) is 0.176. The molecule has 0 saturated carbocycles. The van der Waals surface area contributed by atoms with Crippen LogP contribution in [0.3, 0.4) is 0 Å². The van der Waals surface area contributed by atoms with Gasteiger partial charge in [0.25, 0.3) is 0 Å². The van der Waals surface area contributed by atoms with Gasteiger partial charge in [-0.2, -0.15) is 5.10 Å². The zero-order chi connectivity index (χ0) is 17.3. The number of rotatable bonds is 4. The Bertz CT molecular complexity index is 913. The lowest BCUT2D eigenvalue weighted by molar-refractivity contribution is -0.118. The first-order valence-corrected chi connectivity index (χ1v) is 7.41. The van der Waals surface area contributed by atoms with Crippen molar-refractivity contribution in [2.24, 2.45) is 5.73 Å². The lowest BCUT2D eigenvalue weighted by Crippen LogP contribution is -2.38. The van der Waals surface area contributed by atoms with E-state index in [0.717, 1.165) is 11.3 Å². The molecule has 0 aliphatic heterocycles. The summed E-state index contributed by atoms with van der Waals surface area (Å²) in [4.78, 5) is 11.8. The summed E-state index contributed by atoms with van der Waals surface area (Å²) in [5.41, 5.74) is 7.99. The van der Waals surface area contributed by atoms with Crippen LogP contribution in [0.4, 0.5) is 10.1 Å². The molecule has 4 N–H and O–H groups in total. The summed E-state index contributed by atoms with van der Waals surface area (Å²) in [6.07, 6.45) is 1.56. The molecule has 8 heteroatoms. The highest BCUT2D eigenvalue weighted by Gasteiger charge is 2.16. The summed E-state index contributed by atoms with van der Waals surface area (Å²) in [5, 5.41) is 16.2. The largest absolute Gasteiger partial charge is 0.394 e. The predicted molar refractivity (Wildman–Crippen MR) is 96.7 cm³/mol. The van der Waals surface area contributed by atoms with Crippen LogP contribution in [0.1, 0.15) is 5.56 Å². The Morgan fingerprint density at radius 2 is 2.16 bits per heavy atom. The Kier molecular flexibility index (Phi) is 5.73. The van der Waals surface area contributed by atoms with Crippen molar-refractivity contribution in [1.82, 2.24) is 9.78 Å². The number of aryl methyl sites for hydroxylation is 1. The van der Waals surface area contributed by atoms with E-state index in [2.05, 4.69) is 10.4 Å². The predicted octanol–water partition coefficient (Wildman–Crippen LogP) is 2.15. The molecule has 0 bridgehead atoms. The highest BCUT2D eigenvalue weighted by atomic mass is 35.5. The summed E-state index contributed by atoms with van der Waals surface area (Å²) in [7, 11) is 0. The van der Waals surface area contributed by atoms with Gasteiger partial charge in [0.2, 0.25) is 5.91 Å². The standard InChI is InChI=1S/C17H17FN4O2.ClH/c1-10-3-2-4-12(5-10)22-16-7-15(21-17(24)14(19)9-23)13(18)6-11(16)8-20-22;/h2-8,14,23H,9,19H2,1H3,(H,21,24);1H. The van der Waals surface area contributed by atoms with Crippen LogP contribution in [-0.4, -0.2) is 33.4 Å². The molecule has 3 rings (SSSR count). The minimum atomic E-state index is -1.11. The number of hydrogen-bond acceptors (Lipinski definition) is 4. The van der Waals surface area contributed by atoms with Gasteiger partial charge in [0.1, 0.15) is 11.9 Å². The SMILES string of the molecule is Cc1cccc(-n2ncc3cc(F)c(NC(=O)C(N)CO)cc32)c1.Cl. The second-order valence-electron chi connectivity index (χ2n) is 5.56. The van der Waals surface area contributed by atoms with E-state index in [4.69, 9.17) is 10.8 Å². The second-order valence-corrected chi connectivity index (χ2v) is 5.56. The molecule has 0 radical (unpaired) electrons. The first kappa shape index (κ1) is 18.9. The third-order valence-corrected chi connectivity index (χ3v) is 3.69. The van der Waals surface area contributed by atoms with Crippen LogP contribution >= 0.6 is 12.4 Å². The van der Waals surface area contributed by atoms with Crippen LogP contribution in [0.2, 0.25) is 0 Å². The number of amides is 1.